The van der Waals surface area contributed by atoms with Gasteiger partial charge in [-0.25, -0.2) is 0 Å². The topological polar surface area (TPSA) is 44.4 Å². The Labute approximate surface area is 128 Å². The first-order valence-electron chi connectivity index (χ1n) is 7.85. The Morgan fingerprint density at radius 3 is 2.38 bits per heavy atom. The highest BCUT2D eigenvalue weighted by molar-refractivity contribution is 5.78. The van der Waals surface area contributed by atoms with E-state index < -0.39 is 0 Å². The van der Waals surface area contributed by atoms with Gasteiger partial charge in [-0.05, 0) is 32.5 Å². The average molecular weight is 291 g/mol. The van der Waals surface area contributed by atoms with E-state index in [4.69, 9.17) is 0 Å². The van der Waals surface area contributed by atoms with Crippen molar-refractivity contribution in [2.75, 3.05) is 39.8 Å². The van der Waals surface area contributed by atoms with Crippen molar-refractivity contribution >= 4 is 5.91 Å². The van der Waals surface area contributed by atoms with E-state index in [0.29, 0.717) is 13.0 Å². The van der Waals surface area contributed by atoms with Gasteiger partial charge in [0.25, 0.3) is 0 Å². The lowest BCUT2D eigenvalue weighted by Crippen LogP contribution is -2.38. The minimum Gasteiger partial charge on any atom is -0.355 e. The molecule has 118 valence electrons. The fourth-order valence-corrected chi connectivity index (χ4v) is 2.23. The lowest BCUT2D eigenvalue weighted by atomic mass is 10.1. The van der Waals surface area contributed by atoms with Crippen molar-refractivity contribution in [1.29, 1.82) is 0 Å². The molecule has 0 heterocycles. The molecule has 1 aromatic carbocycles. The smallest absolute Gasteiger partial charge is 0.224 e. The van der Waals surface area contributed by atoms with E-state index in [1.165, 1.54) is 5.56 Å². The molecule has 0 bridgehead atoms. The number of aryl methyl sites for hydroxylation is 1. The molecule has 1 aromatic rings. The fourth-order valence-electron chi connectivity index (χ4n) is 2.23. The van der Waals surface area contributed by atoms with Crippen LogP contribution in [0.25, 0.3) is 0 Å². The zero-order valence-corrected chi connectivity index (χ0v) is 13.6. The van der Waals surface area contributed by atoms with E-state index in [9.17, 15) is 4.79 Å². The van der Waals surface area contributed by atoms with Crippen molar-refractivity contribution in [3.63, 3.8) is 0 Å². The van der Waals surface area contributed by atoms with Gasteiger partial charge in [0.15, 0.2) is 0 Å². The monoisotopic (exact) mass is 291 g/mol. The summed E-state index contributed by atoms with van der Waals surface area (Å²) in [4.78, 5) is 14.3. The van der Waals surface area contributed by atoms with Crippen LogP contribution in [0.3, 0.4) is 0 Å². The van der Waals surface area contributed by atoms with E-state index in [2.05, 4.69) is 29.4 Å². The predicted octanol–water partition coefficient (Wildman–Crippen LogP) is 1.59. The molecular formula is C17H29N3O. The van der Waals surface area contributed by atoms with Gasteiger partial charge in [0.2, 0.25) is 5.91 Å². The average Bonchev–Trinajstić information content (AvgIpc) is 2.47. The Hall–Kier alpha value is -1.39. The summed E-state index contributed by atoms with van der Waals surface area (Å²) in [5, 5.41) is 6.17. The minimum atomic E-state index is 0.101. The molecule has 1 amide bonds. The highest BCUT2D eigenvalue weighted by Crippen LogP contribution is 2.03. The Morgan fingerprint density at radius 1 is 1.10 bits per heavy atom. The Balaban J connectivity index is 2.26. The molecule has 4 heteroatoms. The number of benzene rings is 1. The first-order chi connectivity index (χ1) is 10.2. The summed E-state index contributed by atoms with van der Waals surface area (Å²) in [7, 11) is 1.97. The second-order valence-corrected chi connectivity index (χ2v) is 5.46. The third-order valence-corrected chi connectivity index (χ3v) is 3.45. The van der Waals surface area contributed by atoms with E-state index in [1.54, 1.807) is 0 Å². The largest absolute Gasteiger partial charge is 0.355 e. The van der Waals surface area contributed by atoms with Crippen molar-refractivity contribution in [3.05, 3.63) is 35.4 Å². The molecule has 1 rings (SSSR count). The number of nitrogens with one attached hydrogen (secondary N) is 2. The van der Waals surface area contributed by atoms with Crippen LogP contribution in [0.4, 0.5) is 0 Å². The highest BCUT2D eigenvalue weighted by atomic mass is 16.1. The normalized spacial score (nSPS) is 10.9. The summed E-state index contributed by atoms with van der Waals surface area (Å²) in [6.07, 6.45) is 1.60. The maximum atomic E-state index is 11.9. The van der Waals surface area contributed by atoms with Crippen molar-refractivity contribution < 1.29 is 4.79 Å². The lowest BCUT2D eigenvalue weighted by Gasteiger charge is -2.21. The SMILES string of the molecule is CCCN(CCNC)CCNC(=O)Cc1ccc(C)cc1. The summed E-state index contributed by atoms with van der Waals surface area (Å²) < 4.78 is 0. The number of carbonyl (C=O) groups is 1. The molecule has 0 unspecified atom stereocenters. The molecule has 4 nitrogen and oxygen atoms in total. The molecule has 0 radical (unpaired) electrons. The quantitative estimate of drug-likeness (QED) is 0.688. The minimum absolute atomic E-state index is 0.101. The zero-order chi connectivity index (χ0) is 15.5. The van der Waals surface area contributed by atoms with E-state index in [-0.39, 0.29) is 5.91 Å². The molecule has 0 saturated carbocycles. The van der Waals surface area contributed by atoms with Gasteiger partial charge in [-0.1, -0.05) is 36.8 Å². The number of carbonyl (C=O) groups excluding carboxylic acids is 1. The van der Waals surface area contributed by atoms with Crippen LogP contribution in [0.15, 0.2) is 24.3 Å². The van der Waals surface area contributed by atoms with Gasteiger partial charge in [0, 0.05) is 26.2 Å². The Kier molecular flexibility index (Phi) is 8.71. The van der Waals surface area contributed by atoms with Crippen LogP contribution in [0.2, 0.25) is 0 Å². The van der Waals surface area contributed by atoms with Crippen LogP contribution in [-0.2, 0) is 11.2 Å². The maximum Gasteiger partial charge on any atom is 0.224 e. The molecule has 0 aliphatic heterocycles. The molecule has 2 N–H and O–H groups in total. The fraction of sp³-hybridized carbons (Fsp3) is 0.588. The van der Waals surface area contributed by atoms with Crippen LogP contribution >= 0.6 is 0 Å². The van der Waals surface area contributed by atoms with Gasteiger partial charge >= 0.3 is 0 Å². The van der Waals surface area contributed by atoms with Crippen LogP contribution in [-0.4, -0.2) is 50.6 Å². The first-order valence-corrected chi connectivity index (χ1v) is 7.85. The van der Waals surface area contributed by atoms with Gasteiger partial charge < -0.3 is 15.5 Å². The Morgan fingerprint density at radius 2 is 1.76 bits per heavy atom. The second-order valence-electron chi connectivity index (χ2n) is 5.46. The molecule has 0 aromatic heterocycles. The van der Waals surface area contributed by atoms with E-state index in [1.807, 2.05) is 31.3 Å². The number of hydrogen-bond donors (Lipinski definition) is 2. The van der Waals surface area contributed by atoms with Crippen LogP contribution in [0.1, 0.15) is 24.5 Å². The van der Waals surface area contributed by atoms with E-state index >= 15 is 0 Å². The van der Waals surface area contributed by atoms with Gasteiger partial charge in [-0.3, -0.25) is 4.79 Å². The predicted molar refractivity (Wildman–Crippen MR) is 88.6 cm³/mol. The first kappa shape index (κ1) is 17.7. The maximum absolute atomic E-state index is 11.9. The number of hydrogen-bond acceptors (Lipinski definition) is 3. The van der Waals surface area contributed by atoms with Crippen LogP contribution in [0, 0.1) is 6.92 Å². The van der Waals surface area contributed by atoms with Gasteiger partial charge in [-0.15, -0.1) is 0 Å². The zero-order valence-electron chi connectivity index (χ0n) is 13.6. The number of likely N-dealkylation sites (N-methyl/N-ethyl adjacent to an activating group) is 1. The summed E-state index contributed by atoms with van der Waals surface area (Å²) in [6.45, 7) is 8.95. The van der Waals surface area contributed by atoms with Crippen molar-refractivity contribution in [2.45, 2.75) is 26.7 Å². The van der Waals surface area contributed by atoms with Gasteiger partial charge in [0.1, 0.15) is 0 Å². The summed E-state index contributed by atoms with van der Waals surface area (Å²) >= 11 is 0. The summed E-state index contributed by atoms with van der Waals surface area (Å²) in [6, 6.07) is 8.13. The standard InChI is InChI=1S/C17H29N3O/c1-4-11-20(12-9-18-3)13-10-19-17(21)14-16-7-5-15(2)6-8-16/h5-8,18H,4,9-14H2,1-3H3,(H,19,21). The molecule has 0 aliphatic carbocycles. The van der Waals surface area contributed by atoms with Crippen LogP contribution < -0.4 is 10.6 Å². The highest BCUT2D eigenvalue weighted by Gasteiger charge is 2.06. The number of amides is 1. The molecule has 0 atom stereocenters. The molecule has 0 saturated heterocycles. The van der Waals surface area contributed by atoms with E-state index in [0.717, 1.165) is 38.2 Å². The van der Waals surface area contributed by atoms with Gasteiger partial charge in [0.05, 0.1) is 6.42 Å². The van der Waals surface area contributed by atoms with Crippen molar-refractivity contribution in [1.82, 2.24) is 15.5 Å². The molecular weight excluding hydrogens is 262 g/mol. The second kappa shape index (κ2) is 10.4. The van der Waals surface area contributed by atoms with Gasteiger partial charge in [-0.2, -0.15) is 0 Å². The summed E-state index contributed by atoms with van der Waals surface area (Å²) in [5.41, 5.74) is 2.29. The lowest BCUT2D eigenvalue weighted by molar-refractivity contribution is -0.120. The van der Waals surface area contributed by atoms with Crippen LogP contribution in [0.5, 0.6) is 0 Å². The molecule has 0 aliphatic rings. The van der Waals surface area contributed by atoms with Crippen molar-refractivity contribution in [2.24, 2.45) is 0 Å². The number of nitrogens with zero attached hydrogens (tertiary/aromatic N) is 1. The number of rotatable bonds is 10. The summed E-state index contributed by atoms with van der Waals surface area (Å²) in [5.74, 6) is 0.101. The van der Waals surface area contributed by atoms with Crippen molar-refractivity contribution in [3.8, 4) is 0 Å². The molecule has 21 heavy (non-hydrogen) atoms. The molecule has 0 spiro atoms. The third-order valence-electron chi connectivity index (χ3n) is 3.45. The molecule has 0 fully saturated rings. The third kappa shape index (κ3) is 7.83. The Bertz CT molecular complexity index is 403.